The average molecular weight is 323 g/mol. The second-order valence-corrected chi connectivity index (χ2v) is 6.21. The van der Waals surface area contributed by atoms with Gasteiger partial charge in [0, 0.05) is 26.6 Å². The van der Waals surface area contributed by atoms with E-state index in [1.165, 1.54) is 18.3 Å². The Morgan fingerprint density at radius 1 is 1.27 bits per heavy atom. The summed E-state index contributed by atoms with van der Waals surface area (Å²) in [7, 11) is 0. The number of thiophene rings is 1. The zero-order valence-electron chi connectivity index (χ0n) is 12.6. The monoisotopic (exact) mass is 323 g/mol. The number of amides is 3. The molecule has 0 radical (unpaired) electrons. The van der Waals surface area contributed by atoms with Gasteiger partial charge in [-0.3, -0.25) is 14.4 Å². The van der Waals surface area contributed by atoms with Crippen LogP contribution in [0.1, 0.15) is 35.9 Å². The van der Waals surface area contributed by atoms with Crippen molar-refractivity contribution >= 4 is 29.1 Å². The Labute approximate surface area is 133 Å². The summed E-state index contributed by atoms with van der Waals surface area (Å²) >= 11 is 1.39. The molecule has 2 heterocycles. The summed E-state index contributed by atoms with van der Waals surface area (Å²) in [4.78, 5) is 37.9. The van der Waals surface area contributed by atoms with Crippen molar-refractivity contribution in [3.63, 3.8) is 0 Å². The third kappa shape index (κ3) is 4.30. The highest BCUT2D eigenvalue weighted by Gasteiger charge is 2.32. The van der Waals surface area contributed by atoms with Crippen LogP contribution in [-0.2, 0) is 9.59 Å². The highest BCUT2D eigenvalue weighted by Crippen LogP contribution is 2.21. The van der Waals surface area contributed by atoms with Gasteiger partial charge in [-0.2, -0.15) is 0 Å². The predicted octanol–water partition coefficient (Wildman–Crippen LogP) is 0.995. The average Bonchev–Trinajstić information content (AvgIpc) is 3.05. The molecule has 0 saturated carbocycles. The van der Waals surface area contributed by atoms with Crippen LogP contribution in [0.15, 0.2) is 17.5 Å². The minimum Gasteiger partial charge on any atom is -0.355 e. The van der Waals surface area contributed by atoms with E-state index < -0.39 is 6.04 Å². The Kier molecular flexibility index (Phi) is 5.94. The minimum absolute atomic E-state index is 0.0725. The van der Waals surface area contributed by atoms with Crippen molar-refractivity contribution in [1.82, 2.24) is 15.5 Å². The van der Waals surface area contributed by atoms with E-state index in [4.69, 9.17) is 0 Å². The Morgan fingerprint density at radius 3 is 2.73 bits per heavy atom. The molecule has 6 nitrogen and oxygen atoms in total. The first-order valence-electron chi connectivity index (χ1n) is 7.46. The van der Waals surface area contributed by atoms with Crippen LogP contribution >= 0.6 is 11.3 Å². The third-order valence-corrected chi connectivity index (χ3v) is 4.45. The van der Waals surface area contributed by atoms with E-state index in [0.717, 1.165) is 12.8 Å². The van der Waals surface area contributed by atoms with Crippen molar-refractivity contribution in [3.8, 4) is 0 Å². The predicted molar refractivity (Wildman–Crippen MR) is 84.7 cm³/mol. The van der Waals surface area contributed by atoms with Gasteiger partial charge >= 0.3 is 0 Å². The first kappa shape index (κ1) is 16.5. The van der Waals surface area contributed by atoms with E-state index >= 15 is 0 Å². The Morgan fingerprint density at radius 2 is 2.05 bits per heavy atom. The number of nitrogens with zero attached hydrogens (tertiary/aromatic N) is 1. The number of carbonyl (C=O) groups is 3. The maximum absolute atomic E-state index is 12.5. The highest BCUT2D eigenvalue weighted by molar-refractivity contribution is 7.12. The summed E-state index contributed by atoms with van der Waals surface area (Å²) in [6.45, 7) is 2.81. The molecule has 1 aliphatic rings. The van der Waals surface area contributed by atoms with Crippen molar-refractivity contribution < 1.29 is 14.4 Å². The summed E-state index contributed by atoms with van der Waals surface area (Å²) < 4.78 is 0. The maximum Gasteiger partial charge on any atom is 0.264 e. The number of hydrogen-bond acceptors (Lipinski definition) is 4. The molecule has 3 amide bonds. The van der Waals surface area contributed by atoms with Crippen molar-refractivity contribution in [3.05, 3.63) is 22.4 Å². The van der Waals surface area contributed by atoms with Crippen LogP contribution in [0.3, 0.4) is 0 Å². The van der Waals surface area contributed by atoms with Gasteiger partial charge in [-0.1, -0.05) is 6.07 Å². The second kappa shape index (κ2) is 7.93. The third-order valence-electron chi connectivity index (χ3n) is 3.60. The quantitative estimate of drug-likeness (QED) is 0.793. The number of nitrogens with one attached hydrogen (secondary N) is 2. The zero-order chi connectivity index (χ0) is 15.9. The number of likely N-dealkylation sites (tertiary alicyclic amines) is 1. The molecule has 1 atom stereocenters. The lowest BCUT2D eigenvalue weighted by Gasteiger charge is -2.34. The molecule has 120 valence electrons. The van der Waals surface area contributed by atoms with E-state index in [1.54, 1.807) is 11.0 Å². The SMILES string of the molecule is CC(=O)NCCNC(=O)C1CCCCN1C(=O)c1cccs1. The molecule has 0 aliphatic carbocycles. The molecule has 1 aromatic heterocycles. The van der Waals surface area contributed by atoms with Gasteiger partial charge in [0.2, 0.25) is 11.8 Å². The van der Waals surface area contributed by atoms with Crippen LogP contribution in [0.4, 0.5) is 0 Å². The van der Waals surface area contributed by atoms with Gasteiger partial charge in [0.05, 0.1) is 4.88 Å². The molecule has 22 heavy (non-hydrogen) atoms. The van der Waals surface area contributed by atoms with Crippen molar-refractivity contribution in [2.45, 2.75) is 32.2 Å². The van der Waals surface area contributed by atoms with Gasteiger partial charge in [-0.25, -0.2) is 0 Å². The lowest BCUT2D eigenvalue weighted by Crippen LogP contribution is -2.52. The highest BCUT2D eigenvalue weighted by atomic mass is 32.1. The summed E-state index contributed by atoms with van der Waals surface area (Å²) in [5, 5.41) is 7.28. The molecule has 7 heteroatoms. The normalized spacial score (nSPS) is 17.9. The van der Waals surface area contributed by atoms with Crippen LogP contribution < -0.4 is 10.6 Å². The fraction of sp³-hybridized carbons (Fsp3) is 0.533. The van der Waals surface area contributed by atoms with E-state index in [-0.39, 0.29) is 17.7 Å². The molecule has 2 rings (SSSR count). The Hall–Kier alpha value is -1.89. The van der Waals surface area contributed by atoms with Crippen molar-refractivity contribution in [2.24, 2.45) is 0 Å². The first-order chi connectivity index (χ1) is 10.6. The van der Waals surface area contributed by atoms with Gasteiger partial charge in [0.15, 0.2) is 0 Å². The smallest absolute Gasteiger partial charge is 0.264 e. The summed E-state index contributed by atoms with van der Waals surface area (Å²) in [5.41, 5.74) is 0. The van der Waals surface area contributed by atoms with E-state index in [0.29, 0.717) is 30.9 Å². The van der Waals surface area contributed by atoms with Crippen LogP contribution in [-0.4, -0.2) is 48.3 Å². The molecule has 0 spiro atoms. The van der Waals surface area contributed by atoms with Crippen LogP contribution in [0, 0.1) is 0 Å². The number of hydrogen-bond donors (Lipinski definition) is 2. The molecule has 1 aromatic rings. The van der Waals surface area contributed by atoms with Crippen LogP contribution in [0.5, 0.6) is 0 Å². The van der Waals surface area contributed by atoms with Crippen LogP contribution in [0.2, 0.25) is 0 Å². The molecule has 0 bridgehead atoms. The van der Waals surface area contributed by atoms with Crippen molar-refractivity contribution in [2.75, 3.05) is 19.6 Å². The number of rotatable bonds is 5. The molecule has 1 unspecified atom stereocenters. The topological polar surface area (TPSA) is 78.5 Å². The molecular weight excluding hydrogens is 302 g/mol. The Balaban J connectivity index is 1.93. The summed E-state index contributed by atoms with van der Waals surface area (Å²) in [5.74, 6) is -0.340. The molecule has 0 aromatic carbocycles. The number of piperidine rings is 1. The summed E-state index contributed by atoms with van der Waals surface area (Å²) in [6, 6.07) is 3.21. The minimum atomic E-state index is -0.416. The molecule has 2 N–H and O–H groups in total. The largest absolute Gasteiger partial charge is 0.355 e. The van der Waals surface area contributed by atoms with Crippen LogP contribution in [0.25, 0.3) is 0 Å². The lowest BCUT2D eigenvalue weighted by molar-refractivity contribution is -0.127. The first-order valence-corrected chi connectivity index (χ1v) is 8.34. The standard InChI is InChI=1S/C15H21N3O3S/c1-11(19)16-7-8-17-14(20)12-5-2-3-9-18(12)15(21)13-6-4-10-22-13/h4,6,10,12H,2-3,5,7-9H2,1H3,(H,16,19)(H,17,20). The second-order valence-electron chi connectivity index (χ2n) is 5.26. The molecular formula is C15H21N3O3S. The van der Waals surface area contributed by atoms with Gasteiger partial charge in [-0.15, -0.1) is 11.3 Å². The Bertz CT molecular complexity index is 530. The molecule has 1 fully saturated rings. The number of carbonyl (C=O) groups excluding carboxylic acids is 3. The van der Waals surface area contributed by atoms with Gasteiger partial charge in [0.25, 0.3) is 5.91 Å². The fourth-order valence-electron chi connectivity index (χ4n) is 2.53. The lowest BCUT2D eigenvalue weighted by atomic mass is 10.0. The van der Waals surface area contributed by atoms with Gasteiger partial charge in [0.1, 0.15) is 6.04 Å². The van der Waals surface area contributed by atoms with E-state index in [1.807, 2.05) is 11.4 Å². The molecule has 1 aliphatic heterocycles. The maximum atomic E-state index is 12.5. The molecule has 1 saturated heterocycles. The summed E-state index contributed by atoms with van der Waals surface area (Å²) in [6.07, 6.45) is 2.55. The van der Waals surface area contributed by atoms with Gasteiger partial charge in [-0.05, 0) is 30.7 Å². The van der Waals surface area contributed by atoms with Crippen molar-refractivity contribution in [1.29, 1.82) is 0 Å². The van der Waals surface area contributed by atoms with Gasteiger partial charge < -0.3 is 15.5 Å². The fourth-order valence-corrected chi connectivity index (χ4v) is 3.21. The van der Waals surface area contributed by atoms with E-state index in [9.17, 15) is 14.4 Å². The zero-order valence-corrected chi connectivity index (χ0v) is 13.4. The van der Waals surface area contributed by atoms with E-state index in [2.05, 4.69) is 10.6 Å².